The van der Waals surface area contributed by atoms with Crippen molar-refractivity contribution in [3.63, 3.8) is 0 Å². The molecule has 3 saturated heterocycles. The number of carbonyl (C=O) groups is 2. The van der Waals surface area contributed by atoms with Crippen molar-refractivity contribution in [3.05, 3.63) is 0 Å². The number of amides is 2. The van der Waals surface area contributed by atoms with E-state index in [0.717, 1.165) is 38.5 Å². The highest BCUT2D eigenvalue weighted by atomic mass is 16.8. The minimum absolute atomic E-state index is 0.208. The van der Waals surface area contributed by atoms with Crippen LogP contribution in [0.2, 0.25) is 0 Å². The molecule has 15 atom stereocenters. The Morgan fingerprint density at radius 1 is 0.646 bits per heavy atom. The molecule has 0 spiro atoms. The maximum Gasteiger partial charge on any atom is 0.252 e. The molecule has 0 bridgehead atoms. The second-order valence-corrected chi connectivity index (χ2v) is 12.4. The molecule has 0 radical (unpaired) electrons. The van der Waals surface area contributed by atoms with Crippen LogP contribution in [-0.2, 0) is 33.3 Å². The van der Waals surface area contributed by atoms with E-state index in [1.54, 1.807) is 5.48 Å². The van der Waals surface area contributed by atoms with E-state index in [2.05, 4.69) is 5.32 Å². The summed E-state index contributed by atoms with van der Waals surface area (Å²) in [5.74, 6) is -1.23. The number of rotatable bonds is 17. The van der Waals surface area contributed by atoms with Gasteiger partial charge >= 0.3 is 0 Å². The Hall–Kier alpha value is -1.66. The van der Waals surface area contributed by atoms with Gasteiger partial charge in [0.05, 0.1) is 12.7 Å². The highest BCUT2D eigenvalue weighted by Gasteiger charge is 2.55. The zero-order chi connectivity index (χ0) is 35.5. The summed E-state index contributed by atoms with van der Waals surface area (Å²) >= 11 is 0. The van der Waals surface area contributed by atoms with Crippen molar-refractivity contribution in [1.29, 1.82) is 0 Å². The van der Waals surface area contributed by atoms with Crippen LogP contribution in [0.4, 0.5) is 0 Å². The lowest BCUT2D eigenvalue weighted by atomic mass is 9.95. The maximum atomic E-state index is 13.1. The van der Waals surface area contributed by atoms with Crippen LogP contribution in [0.25, 0.3) is 0 Å². The van der Waals surface area contributed by atoms with E-state index < -0.39 is 111 Å². The van der Waals surface area contributed by atoms with Crippen LogP contribution < -0.4 is 10.8 Å². The van der Waals surface area contributed by atoms with Gasteiger partial charge in [0, 0.05) is 13.0 Å². The van der Waals surface area contributed by atoms with E-state index in [9.17, 15) is 55.5 Å². The van der Waals surface area contributed by atoms with Crippen molar-refractivity contribution in [2.24, 2.45) is 0 Å². The van der Waals surface area contributed by atoms with Crippen molar-refractivity contribution >= 4 is 11.8 Å². The van der Waals surface area contributed by atoms with E-state index in [1.165, 1.54) is 6.92 Å². The molecule has 3 rings (SSSR count). The molecular weight excluding hydrogens is 648 g/mol. The number of aliphatic hydroxyl groups is 9. The number of aliphatic hydroxyl groups excluding tert-OH is 9. The largest absolute Gasteiger partial charge is 0.394 e. The average molecular weight is 701 g/mol. The zero-order valence-electron chi connectivity index (χ0n) is 26.8. The summed E-state index contributed by atoms with van der Waals surface area (Å²) in [6.07, 6.45) is -18.8. The molecule has 0 aliphatic carbocycles. The van der Waals surface area contributed by atoms with Gasteiger partial charge in [0.25, 0.3) is 5.91 Å². The van der Waals surface area contributed by atoms with Crippen LogP contribution in [0.15, 0.2) is 0 Å². The molecule has 0 aromatic carbocycles. The molecule has 3 aliphatic rings. The fourth-order valence-corrected chi connectivity index (χ4v) is 5.81. The first kappa shape index (κ1) is 40.8. The van der Waals surface area contributed by atoms with Gasteiger partial charge < -0.3 is 75.0 Å². The summed E-state index contributed by atoms with van der Waals surface area (Å²) in [6, 6.07) is 0. The first-order valence-corrected chi connectivity index (χ1v) is 16.4. The van der Waals surface area contributed by atoms with E-state index in [0.29, 0.717) is 12.8 Å². The molecule has 12 N–H and O–H groups in total. The van der Waals surface area contributed by atoms with Gasteiger partial charge in [-0.25, -0.2) is 5.48 Å². The lowest BCUT2D eigenvalue weighted by Gasteiger charge is -2.47. The zero-order valence-corrected chi connectivity index (χ0v) is 26.8. The van der Waals surface area contributed by atoms with E-state index in [-0.39, 0.29) is 13.0 Å². The third-order valence-electron chi connectivity index (χ3n) is 8.79. The highest BCUT2D eigenvalue weighted by molar-refractivity contribution is 5.81. The number of hydroxylamine groups is 1. The van der Waals surface area contributed by atoms with E-state index in [4.69, 9.17) is 28.9 Å². The molecule has 19 heteroatoms. The Balaban J connectivity index is 1.59. The van der Waals surface area contributed by atoms with Gasteiger partial charge in [-0.05, 0) is 19.8 Å². The molecule has 280 valence electrons. The van der Waals surface area contributed by atoms with Crippen LogP contribution >= 0.6 is 0 Å². The lowest BCUT2D eigenvalue weighted by Crippen LogP contribution is -2.67. The standard InChI is InChI=1S/C29H52N2O17/c1-13-16(34)18(36)20(38)28(44-13)47-23-22(40)24(26(41)30-11-9-7-5-3-2-4-6-8-10-15(33)31-43)46-27(42)25(23)48-29-21(39)19(37)17(35)14(12-32)45-29/h13-14,16-25,27-29,32,34-40,42-43H,2-12H2,1H3,(H,30,41)(H,31,33)/t13?,14?,16?,17-,18?,19?,20?,21?,22-,23?,24?,25?,27+,28?,29-/m0/s1. The molecule has 0 aromatic heterocycles. The average Bonchev–Trinajstić information content (AvgIpc) is 3.07. The molecule has 3 fully saturated rings. The van der Waals surface area contributed by atoms with E-state index in [1.807, 2.05) is 0 Å². The van der Waals surface area contributed by atoms with Crippen LogP contribution in [-0.4, -0.2) is 168 Å². The second kappa shape index (κ2) is 19.7. The van der Waals surface area contributed by atoms with Gasteiger partial charge in [-0.1, -0.05) is 38.5 Å². The molecule has 2 amide bonds. The van der Waals surface area contributed by atoms with Crippen LogP contribution in [0.5, 0.6) is 0 Å². The second-order valence-electron chi connectivity index (χ2n) is 12.4. The predicted octanol–water partition coefficient (Wildman–Crippen LogP) is -4.41. The Labute approximate surface area is 277 Å². The highest BCUT2D eigenvalue weighted by Crippen LogP contribution is 2.33. The van der Waals surface area contributed by atoms with Crippen LogP contribution in [0.1, 0.15) is 64.7 Å². The monoisotopic (exact) mass is 700 g/mol. The molecule has 3 aliphatic heterocycles. The summed E-state index contributed by atoms with van der Waals surface area (Å²) in [5.41, 5.74) is 1.60. The fraction of sp³-hybridized carbons (Fsp3) is 0.931. The summed E-state index contributed by atoms with van der Waals surface area (Å²) in [5, 5.41) is 104. The van der Waals surface area contributed by atoms with Gasteiger partial charge in [0.1, 0.15) is 61.0 Å². The Bertz CT molecular complexity index is 980. The van der Waals surface area contributed by atoms with Gasteiger partial charge in [-0.3, -0.25) is 14.8 Å². The molecular formula is C29H52N2O17. The molecule has 3 heterocycles. The van der Waals surface area contributed by atoms with E-state index >= 15 is 0 Å². The summed E-state index contributed by atoms with van der Waals surface area (Å²) in [6.45, 7) is 0.804. The molecule has 0 aromatic rings. The van der Waals surface area contributed by atoms with Crippen molar-refractivity contribution in [2.75, 3.05) is 13.2 Å². The summed E-state index contributed by atoms with van der Waals surface area (Å²) < 4.78 is 27.5. The topological polar surface area (TPSA) is 307 Å². The number of nitrogens with one attached hydrogen (secondary N) is 2. The minimum atomic E-state index is -2.05. The molecule has 48 heavy (non-hydrogen) atoms. The third kappa shape index (κ3) is 10.7. The van der Waals surface area contributed by atoms with Gasteiger partial charge in [0.15, 0.2) is 25.0 Å². The Morgan fingerprint density at radius 3 is 1.79 bits per heavy atom. The van der Waals surface area contributed by atoms with Gasteiger partial charge in [-0.15, -0.1) is 0 Å². The first-order valence-electron chi connectivity index (χ1n) is 16.4. The SMILES string of the molecule is CC1OC(OC2C(O[C@@H]3OC(CO)[C@H](O)C(O)C3O)[C@H](O)OC(C(=O)NCCCCCCCCCCC(=O)NO)[C@H]2O)C(O)C(O)C1O. The first-order chi connectivity index (χ1) is 22.8. The maximum absolute atomic E-state index is 13.1. The predicted molar refractivity (Wildman–Crippen MR) is 157 cm³/mol. The number of hydrogen-bond donors (Lipinski definition) is 12. The minimum Gasteiger partial charge on any atom is -0.394 e. The van der Waals surface area contributed by atoms with Crippen molar-refractivity contribution in [2.45, 2.75) is 157 Å². The number of carbonyl (C=O) groups excluding carboxylic acids is 2. The fourth-order valence-electron chi connectivity index (χ4n) is 5.81. The van der Waals surface area contributed by atoms with Crippen LogP contribution in [0.3, 0.4) is 0 Å². The third-order valence-corrected chi connectivity index (χ3v) is 8.79. The molecule has 0 saturated carbocycles. The quantitative estimate of drug-likeness (QED) is 0.0387. The number of ether oxygens (including phenoxy) is 5. The smallest absolute Gasteiger partial charge is 0.252 e. The van der Waals surface area contributed by atoms with Crippen molar-refractivity contribution < 1.29 is 84.4 Å². The number of unbranched alkanes of at least 4 members (excludes halogenated alkanes) is 7. The van der Waals surface area contributed by atoms with Gasteiger partial charge in [-0.2, -0.15) is 0 Å². The Kier molecular flexibility index (Phi) is 16.7. The molecule has 11 unspecified atom stereocenters. The van der Waals surface area contributed by atoms with Crippen molar-refractivity contribution in [1.82, 2.24) is 10.8 Å². The lowest BCUT2D eigenvalue weighted by molar-refractivity contribution is -0.382. The number of hydrogen-bond acceptors (Lipinski definition) is 17. The summed E-state index contributed by atoms with van der Waals surface area (Å²) in [7, 11) is 0. The van der Waals surface area contributed by atoms with Crippen molar-refractivity contribution in [3.8, 4) is 0 Å². The normalized spacial score (nSPS) is 40.4. The molecule has 19 nitrogen and oxygen atoms in total. The summed E-state index contributed by atoms with van der Waals surface area (Å²) in [4.78, 5) is 24.1. The van der Waals surface area contributed by atoms with Gasteiger partial charge in [0.2, 0.25) is 5.91 Å². The van der Waals surface area contributed by atoms with Crippen LogP contribution in [0, 0.1) is 0 Å². The Morgan fingerprint density at radius 2 is 1.19 bits per heavy atom.